The number of carbonyl (C=O) groups excluding carboxylic acids is 1. The monoisotopic (exact) mass is 231 g/mol. The maximum atomic E-state index is 10.9. The highest BCUT2D eigenvalue weighted by Crippen LogP contribution is 2.37. The molecule has 0 spiro atoms. The molecule has 1 saturated carbocycles. The zero-order chi connectivity index (χ0) is 12.3. The van der Waals surface area contributed by atoms with Crippen LogP contribution >= 0.6 is 0 Å². The fourth-order valence-corrected chi connectivity index (χ4v) is 2.83. The van der Waals surface area contributed by atoms with Crippen molar-refractivity contribution in [1.29, 1.82) is 0 Å². The van der Waals surface area contributed by atoms with Crippen molar-refractivity contribution in [1.82, 2.24) is 0 Å². The van der Waals surface area contributed by atoms with E-state index in [4.69, 9.17) is 0 Å². The van der Waals surface area contributed by atoms with Gasteiger partial charge in [0.15, 0.2) is 0 Å². The molecule has 2 heteroatoms. The molecule has 1 aromatic rings. The van der Waals surface area contributed by atoms with Gasteiger partial charge >= 0.3 is 0 Å². The van der Waals surface area contributed by atoms with Crippen molar-refractivity contribution in [2.45, 2.75) is 45.4 Å². The van der Waals surface area contributed by atoms with E-state index in [1.54, 1.807) is 0 Å². The highest BCUT2D eigenvalue weighted by Gasteiger charge is 2.22. The smallest absolute Gasteiger partial charge is 0.221 e. The van der Waals surface area contributed by atoms with Crippen LogP contribution in [0.3, 0.4) is 0 Å². The van der Waals surface area contributed by atoms with Crippen LogP contribution in [-0.4, -0.2) is 5.91 Å². The van der Waals surface area contributed by atoms with Crippen molar-refractivity contribution in [2.75, 3.05) is 5.32 Å². The summed E-state index contributed by atoms with van der Waals surface area (Å²) in [5, 5.41) is 2.81. The van der Waals surface area contributed by atoms with Crippen LogP contribution in [0.1, 0.15) is 51.0 Å². The van der Waals surface area contributed by atoms with Crippen LogP contribution in [0, 0.1) is 5.92 Å². The molecule has 0 aromatic heterocycles. The molecule has 1 aliphatic rings. The SMILES string of the molecule is CC(=O)Nc1ccc([C@@H]2CCCC[C@H]2C)cc1. The van der Waals surface area contributed by atoms with E-state index >= 15 is 0 Å². The first-order chi connectivity index (χ1) is 8.16. The van der Waals surface area contributed by atoms with Gasteiger partial charge in [-0.05, 0) is 36.0 Å². The lowest BCUT2D eigenvalue weighted by Gasteiger charge is -2.29. The van der Waals surface area contributed by atoms with E-state index < -0.39 is 0 Å². The van der Waals surface area contributed by atoms with Crippen molar-refractivity contribution < 1.29 is 4.79 Å². The van der Waals surface area contributed by atoms with Gasteiger partial charge < -0.3 is 5.32 Å². The Kier molecular flexibility index (Phi) is 3.82. The third kappa shape index (κ3) is 3.09. The van der Waals surface area contributed by atoms with Crippen molar-refractivity contribution >= 4 is 11.6 Å². The van der Waals surface area contributed by atoms with Crippen LogP contribution < -0.4 is 5.32 Å². The summed E-state index contributed by atoms with van der Waals surface area (Å²) in [5.74, 6) is 1.48. The standard InChI is InChI=1S/C15H21NO/c1-11-5-3-4-6-15(11)13-7-9-14(10-8-13)16-12(2)17/h7-11,15H,3-6H2,1-2H3,(H,16,17)/t11-,15-/m1/s1. The van der Waals surface area contributed by atoms with Crippen molar-refractivity contribution in [3.8, 4) is 0 Å². The van der Waals surface area contributed by atoms with Crippen LogP contribution in [-0.2, 0) is 4.79 Å². The third-order valence-corrected chi connectivity index (χ3v) is 3.77. The van der Waals surface area contributed by atoms with Gasteiger partial charge in [-0.2, -0.15) is 0 Å². The summed E-state index contributed by atoms with van der Waals surface area (Å²) < 4.78 is 0. The fraction of sp³-hybridized carbons (Fsp3) is 0.533. The Hall–Kier alpha value is -1.31. The molecule has 0 bridgehead atoms. The molecular weight excluding hydrogens is 210 g/mol. The number of amides is 1. The second-order valence-corrected chi connectivity index (χ2v) is 5.17. The highest BCUT2D eigenvalue weighted by molar-refractivity contribution is 5.88. The molecule has 2 atom stereocenters. The third-order valence-electron chi connectivity index (χ3n) is 3.77. The van der Waals surface area contributed by atoms with Crippen molar-refractivity contribution in [3.63, 3.8) is 0 Å². The molecule has 0 saturated heterocycles. The van der Waals surface area contributed by atoms with Gasteiger partial charge in [-0.1, -0.05) is 38.3 Å². The number of rotatable bonds is 2. The van der Waals surface area contributed by atoms with E-state index in [0.29, 0.717) is 5.92 Å². The Balaban J connectivity index is 2.08. The zero-order valence-electron chi connectivity index (χ0n) is 10.7. The van der Waals surface area contributed by atoms with Crippen LogP contribution in [0.2, 0.25) is 0 Å². The molecule has 0 radical (unpaired) electrons. The normalized spacial score (nSPS) is 24.4. The molecule has 2 nitrogen and oxygen atoms in total. The first-order valence-corrected chi connectivity index (χ1v) is 6.54. The molecule has 0 aliphatic heterocycles. The Labute approximate surface area is 103 Å². The van der Waals surface area contributed by atoms with Gasteiger partial charge in [0.2, 0.25) is 5.91 Å². The van der Waals surface area contributed by atoms with E-state index in [0.717, 1.165) is 11.6 Å². The number of nitrogens with one attached hydrogen (secondary N) is 1. The van der Waals surface area contributed by atoms with E-state index in [2.05, 4.69) is 24.4 Å². The van der Waals surface area contributed by atoms with Crippen LogP contribution in [0.25, 0.3) is 0 Å². The lowest BCUT2D eigenvalue weighted by Crippen LogP contribution is -2.14. The maximum Gasteiger partial charge on any atom is 0.221 e. The molecule has 1 amide bonds. The van der Waals surface area contributed by atoms with Crippen molar-refractivity contribution in [2.24, 2.45) is 5.92 Å². The number of carbonyl (C=O) groups is 1. The molecule has 0 unspecified atom stereocenters. The Morgan fingerprint density at radius 2 is 1.82 bits per heavy atom. The Morgan fingerprint density at radius 1 is 1.18 bits per heavy atom. The Bertz CT molecular complexity index is 382. The summed E-state index contributed by atoms with van der Waals surface area (Å²) >= 11 is 0. The Morgan fingerprint density at radius 3 is 2.41 bits per heavy atom. The lowest BCUT2D eigenvalue weighted by atomic mass is 9.76. The molecule has 92 valence electrons. The summed E-state index contributed by atoms with van der Waals surface area (Å²) in [6.07, 6.45) is 5.38. The molecule has 1 N–H and O–H groups in total. The fourth-order valence-electron chi connectivity index (χ4n) is 2.83. The summed E-state index contributed by atoms with van der Waals surface area (Å²) in [5.41, 5.74) is 2.32. The average Bonchev–Trinajstić information content (AvgIpc) is 2.30. The molecule has 2 rings (SSSR count). The first kappa shape index (κ1) is 12.2. The minimum atomic E-state index is -0.0104. The van der Waals surface area contributed by atoms with E-state index in [1.807, 2.05) is 12.1 Å². The average molecular weight is 231 g/mol. The first-order valence-electron chi connectivity index (χ1n) is 6.54. The number of anilines is 1. The van der Waals surface area contributed by atoms with Gasteiger partial charge in [-0.3, -0.25) is 4.79 Å². The van der Waals surface area contributed by atoms with E-state index in [9.17, 15) is 4.79 Å². The number of hydrogen-bond donors (Lipinski definition) is 1. The predicted molar refractivity (Wildman–Crippen MR) is 71.1 cm³/mol. The quantitative estimate of drug-likeness (QED) is 0.820. The minimum Gasteiger partial charge on any atom is -0.326 e. The maximum absolute atomic E-state index is 10.9. The summed E-state index contributed by atoms with van der Waals surface area (Å²) in [7, 11) is 0. The van der Waals surface area contributed by atoms with E-state index in [1.165, 1.54) is 38.2 Å². The molecule has 1 fully saturated rings. The van der Waals surface area contributed by atoms with Crippen LogP contribution in [0.5, 0.6) is 0 Å². The summed E-state index contributed by atoms with van der Waals surface area (Å²) in [4.78, 5) is 10.9. The van der Waals surface area contributed by atoms with E-state index in [-0.39, 0.29) is 5.91 Å². The highest BCUT2D eigenvalue weighted by atomic mass is 16.1. The molecule has 17 heavy (non-hydrogen) atoms. The second-order valence-electron chi connectivity index (χ2n) is 5.17. The largest absolute Gasteiger partial charge is 0.326 e. The second kappa shape index (κ2) is 5.35. The van der Waals surface area contributed by atoms with Gasteiger partial charge in [0.1, 0.15) is 0 Å². The van der Waals surface area contributed by atoms with Crippen LogP contribution in [0.15, 0.2) is 24.3 Å². The minimum absolute atomic E-state index is 0.0104. The van der Waals surface area contributed by atoms with Gasteiger partial charge in [0, 0.05) is 12.6 Å². The zero-order valence-corrected chi connectivity index (χ0v) is 10.7. The number of benzene rings is 1. The summed E-state index contributed by atoms with van der Waals surface area (Å²) in [6.45, 7) is 3.89. The summed E-state index contributed by atoms with van der Waals surface area (Å²) in [6, 6.07) is 8.35. The lowest BCUT2D eigenvalue weighted by molar-refractivity contribution is -0.114. The topological polar surface area (TPSA) is 29.1 Å². The van der Waals surface area contributed by atoms with Gasteiger partial charge in [0.25, 0.3) is 0 Å². The van der Waals surface area contributed by atoms with Gasteiger partial charge in [-0.25, -0.2) is 0 Å². The number of hydrogen-bond acceptors (Lipinski definition) is 1. The van der Waals surface area contributed by atoms with Crippen LogP contribution in [0.4, 0.5) is 5.69 Å². The molecule has 1 aliphatic carbocycles. The van der Waals surface area contributed by atoms with Gasteiger partial charge in [-0.15, -0.1) is 0 Å². The molecule has 1 aromatic carbocycles. The molecule has 0 heterocycles. The molecular formula is C15H21NO. The predicted octanol–water partition coefficient (Wildman–Crippen LogP) is 3.94. The van der Waals surface area contributed by atoms with Crippen molar-refractivity contribution in [3.05, 3.63) is 29.8 Å². The van der Waals surface area contributed by atoms with Gasteiger partial charge in [0.05, 0.1) is 0 Å².